The lowest BCUT2D eigenvalue weighted by Crippen LogP contribution is -2.35. The van der Waals surface area contributed by atoms with Gasteiger partial charge in [0, 0.05) is 11.9 Å². The zero-order chi connectivity index (χ0) is 16.7. The monoisotopic (exact) mass is 344 g/mol. The minimum Gasteiger partial charge on any atom is -0.307 e. The second kappa shape index (κ2) is 5.48. The van der Waals surface area contributed by atoms with Crippen LogP contribution in [0.2, 0.25) is 0 Å². The summed E-state index contributed by atoms with van der Waals surface area (Å²) in [6.45, 7) is 0. The Bertz CT molecular complexity index is 942. The molecule has 1 aromatic heterocycles. The van der Waals surface area contributed by atoms with Gasteiger partial charge in [-0.25, -0.2) is 9.52 Å². The number of aromatic nitrogens is 2. The highest BCUT2D eigenvalue weighted by Crippen LogP contribution is 2.37. The number of hydrogen-bond acceptors (Lipinski definition) is 4. The molecule has 4 rings (SSSR count). The summed E-state index contributed by atoms with van der Waals surface area (Å²) in [7, 11) is -3.98. The van der Waals surface area contributed by atoms with Crippen LogP contribution >= 0.6 is 0 Å². The fourth-order valence-corrected chi connectivity index (χ4v) is 4.17. The second-order valence-electron chi connectivity index (χ2n) is 5.89. The number of fused-ring (bicyclic) bond motifs is 2. The van der Waals surface area contributed by atoms with Crippen LogP contribution in [0.1, 0.15) is 28.7 Å². The topological polar surface area (TPSA) is 104 Å². The van der Waals surface area contributed by atoms with Crippen molar-refractivity contribution in [1.82, 2.24) is 14.9 Å². The van der Waals surface area contributed by atoms with Crippen molar-refractivity contribution in [3.8, 4) is 0 Å². The Hall–Kier alpha value is -2.61. The fourth-order valence-electron chi connectivity index (χ4n) is 3.35. The molecule has 7 nitrogen and oxygen atoms in total. The third kappa shape index (κ3) is 2.48. The van der Waals surface area contributed by atoms with E-state index in [0.29, 0.717) is 0 Å². The number of H-pyrrole nitrogens is 1. The molecule has 3 N–H and O–H groups in total. The smallest absolute Gasteiger partial charge is 0.307 e. The zero-order valence-electron chi connectivity index (χ0n) is 12.8. The molecular weight excluding hydrogens is 328 g/mol. The molecule has 1 heterocycles. The average molecular weight is 344 g/mol. The van der Waals surface area contributed by atoms with E-state index in [1.807, 2.05) is 16.9 Å². The van der Waals surface area contributed by atoms with Crippen LogP contribution in [0.3, 0.4) is 0 Å². The van der Waals surface area contributed by atoms with Gasteiger partial charge in [0.1, 0.15) is 0 Å². The van der Waals surface area contributed by atoms with Crippen LogP contribution in [0.4, 0.5) is 10.5 Å². The molecule has 2 aliphatic carbocycles. The summed E-state index contributed by atoms with van der Waals surface area (Å²) >= 11 is 0. The van der Waals surface area contributed by atoms with Crippen LogP contribution < -0.4 is 10.0 Å². The van der Waals surface area contributed by atoms with E-state index in [4.69, 9.17) is 0 Å². The van der Waals surface area contributed by atoms with E-state index in [0.717, 1.165) is 48.1 Å². The molecule has 2 amide bonds. The molecule has 0 unspecified atom stereocenters. The highest BCUT2D eigenvalue weighted by Gasteiger charge is 2.25. The first-order chi connectivity index (χ1) is 11.5. The van der Waals surface area contributed by atoms with Crippen molar-refractivity contribution in [1.29, 1.82) is 0 Å². The molecule has 2 aromatic rings. The van der Waals surface area contributed by atoms with Crippen LogP contribution in [0.25, 0.3) is 6.08 Å². The second-order valence-corrected chi connectivity index (χ2v) is 7.52. The molecule has 24 heavy (non-hydrogen) atoms. The molecule has 1 aromatic carbocycles. The number of nitrogens with one attached hydrogen (secondary N) is 3. The number of amides is 2. The summed E-state index contributed by atoms with van der Waals surface area (Å²) in [5.74, 6) is 0. The SMILES string of the molecule is O=C(Nc1c2c(cc3c1CCC3)C=CC2)NS(=O)(=O)c1cc[nH]n1. The van der Waals surface area contributed by atoms with Crippen LogP contribution in [0.5, 0.6) is 0 Å². The zero-order valence-corrected chi connectivity index (χ0v) is 13.6. The van der Waals surface area contributed by atoms with Crippen molar-refractivity contribution in [2.24, 2.45) is 0 Å². The predicted octanol–water partition coefficient (Wildman–Crippen LogP) is 1.98. The Morgan fingerprint density at radius 1 is 1.25 bits per heavy atom. The summed E-state index contributed by atoms with van der Waals surface area (Å²) in [5.41, 5.74) is 5.24. The van der Waals surface area contributed by atoms with Gasteiger partial charge in [-0.3, -0.25) is 5.10 Å². The lowest BCUT2D eigenvalue weighted by Gasteiger charge is -2.16. The highest BCUT2D eigenvalue weighted by molar-refractivity contribution is 7.90. The summed E-state index contributed by atoms with van der Waals surface area (Å²) in [5, 5.41) is 8.55. The summed E-state index contributed by atoms with van der Waals surface area (Å²) in [6.07, 6.45) is 9.13. The van der Waals surface area contributed by atoms with Crippen molar-refractivity contribution >= 4 is 27.8 Å². The van der Waals surface area contributed by atoms with Gasteiger partial charge >= 0.3 is 6.03 Å². The number of benzene rings is 1. The van der Waals surface area contributed by atoms with E-state index in [2.05, 4.69) is 21.6 Å². The number of carbonyl (C=O) groups excluding carboxylic acids is 1. The lowest BCUT2D eigenvalue weighted by atomic mass is 9.98. The Labute approximate surface area is 139 Å². The van der Waals surface area contributed by atoms with Gasteiger partial charge in [0.25, 0.3) is 10.0 Å². The Morgan fingerprint density at radius 3 is 2.92 bits per heavy atom. The molecule has 8 heteroatoms. The first-order valence-corrected chi connectivity index (χ1v) is 9.21. The lowest BCUT2D eigenvalue weighted by molar-refractivity contribution is 0.256. The summed E-state index contributed by atoms with van der Waals surface area (Å²) in [4.78, 5) is 12.3. The van der Waals surface area contributed by atoms with Gasteiger partial charge in [-0.05, 0) is 54.0 Å². The molecule has 0 saturated carbocycles. The normalized spacial score (nSPS) is 15.2. The Kier molecular flexibility index (Phi) is 3.42. The molecule has 0 spiro atoms. The molecule has 0 saturated heterocycles. The van der Waals surface area contributed by atoms with E-state index in [1.54, 1.807) is 0 Å². The maximum absolute atomic E-state index is 12.3. The van der Waals surface area contributed by atoms with Crippen LogP contribution in [0, 0.1) is 0 Å². The van der Waals surface area contributed by atoms with Gasteiger partial charge in [0.05, 0.1) is 0 Å². The molecule has 0 atom stereocenters. The van der Waals surface area contributed by atoms with E-state index >= 15 is 0 Å². The van der Waals surface area contributed by atoms with Gasteiger partial charge in [0.15, 0.2) is 5.03 Å². The fraction of sp³-hybridized carbons (Fsp3) is 0.250. The van der Waals surface area contributed by atoms with E-state index in [-0.39, 0.29) is 5.03 Å². The molecule has 0 bridgehead atoms. The van der Waals surface area contributed by atoms with Crippen molar-refractivity contribution in [2.45, 2.75) is 30.7 Å². The number of urea groups is 1. The molecular formula is C16H16N4O3S. The minimum absolute atomic E-state index is 0.220. The van der Waals surface area contributed by atoms with Gasteiger partial charge in [-0.15, -0.1) is 0 Å². The van der Waals surface area contributed by atoms with Crippen molar-refractivity contribution < 1.29 is 13.2 Å². The van der Waals surface area contributed by atoms with E-state index in [1.165, 1.54) is 17.8 Å². The maximum atomic E-state index is 12.3. The maximum Gasteiger partial charge on any atom is 0.333 e. The molecule has 124 valence electrons. The third-order valence-electron chi connectivity index (χ3n) is 4.38. The molecule has 0 radical (unpaired) electrons. The Morgan fingerprint density at radius 2 is 2.12 bits per heavy atom. The number of hydrogen-bond donors (Lipinski definition) is 3. The van der Waals surface area contributed by atoms with Crippen molar-refractivity contribution in [3.63, 3.8) is 0 Å². The number of allylic oxidation sites excluding steroid dienone is 1. The first-order valence-electron chi connectivity index (χ1n) is 7.72. The summed E-state index contributed by atoms with van der Waals surface area (Å²) < 4.78 is 26.2. The predicted molar refractivity (Wildman–Crippen MR) is 89.1 cm³/mol. The number of rotatable bonds is 3. The average Bonchev–Trinajstić information content (AvgIpc) is 3.27. The number of anilines is 1. The largest absolute Gasteiger partial charge is 0.333 e. The van der Waals surface area contributed by atoms with Crippen LogP contribution in [-0.2, 0) is 29.3 Å². The number of sulfonamides is 1. The third-order valence-corrected chi connectivity index (χ3v) is 5.61. The quantitative estimate of drug-likeness (QED) is 0.792. The highest BCUT2D eigenvalue weighted by atomic mass is 32.2. The van der Waals surface area contributed by atoms with Crippen molar-refractivity contribution in [3.05, 3.63) is 46.7 Å². The number of carbonyl (C=O) groups is 1. The van der Waals surface area contributed by atoms with Gasteiger partial charge in [0.2, 0.25) is 0 Å². The molecule has 0 fully saturated rings. The van der Waals surface area contributed by atoms with E-state index in [9.17, 15) is 13.2 Å². The number of aryl methyl sites for hydroxylation is 1. The van der Waals surface area contributed by atoms with Crippen LogP contribution in [0.15, 0.2) is 29.4 Å². The Balaban J connectivity index is 1.62. The molecule has 0 aliphatic heterocycles. The van der Waals surface area contributed by atoms with Gasteiger partial charge in [-0.1, -0.05) is 18.2 Å². The number of aromatic amines is 1. The standard InChI is InChI=1S/C16H16N4O3S/c21-16(20-24(22,23)14-7-8-17-19-14)18-15-12-5-1-3-10(12)9-11-4-2-6-13(11)15/h1,3,7-9H,2,4-6H2,(H,17,19)(H2,18,20,21). The van der Waals surface area contributed by atoms with Gasteiger partial charge in [-0.2, -0.15) is 13.5 Å². The van der Waals surface area contributed by atoms with Crippen LogP contribution in [-0.4, -0.2) is 24.6 Å². The first kappa shape index (κ1) is 14.9. The van der Waals surface area contributed by atoms with Crippen molar-refractivity contribution in [2.75, 3.05) is 5.32 Å². The summed E-state index contributed by atoms with van der Waals surface area (Å²) in [6, 6.07) is 2.69. The van der Waals surface area contributed by atoms with E-state index < -0.39 is 16.1 Å². The molecule has 2 aliphatic rings. The minimum atomic E-state index is -3.98. The number of nitrogens with zero attached hydrogens (tertiary/aromatic N) is 1. The van der Waals surface area contributed by atoms with Gasteiger partial charge < -0.3 is 5.32 Å².